The van der Waals surface area contributed by atoms with E-state index in [1.54, 1.807) is 47.4 Å². The highest BCUT2D eigenvalue weighted by atomic mass is 35.5. The number of methoxy groups -OCH3 is 1. The number of hydrogen-bond acceptors (Lipinski definition) is 4. The summed E-state index contributed by atoms with van der Waals surface area (Å²) in [5.41, 5.74) is 1.02. The van der Waals surface area contributed by atoms with Gasteiger partial charge in [0, 0.05) is 23.6 Å². The van der Waals surface area contributed by atoms with Crippen LogP contribution >= 0.6 is 11.6 Å². The van der Waals surface area contributed by atoms with Crippen molar-refractivity contribution in [3.63, 3.8) is 0 Å². The van der Waals surface area contributed by atoms with Crippen LogP contribution in [0.2, 0.25) is 5.02 Å². The van der Waals surface area contributed by atoms with Gasteiger partial charge in [0.05, 0.1) is 12.8 Å². The van der Waals surface area contributed by atoms with Gasteiger partial charge < -0.3 is 14.4 Å². The molecule has 24 heavy (non-hydrogen) atoms. The van der Waals surface area contributed by atoms with Crippen molar-refractivity contribution in [1.29, 1.82) is 0 Å². The number of Topliss-reactive ketones (excluding diaryl/α,β-unsaturated/α-hetero) is 1. The Hall–Kier alpha value is -2.53. The molecule has 0 aromatic heterocycles. The van der Waals surface area contributed by atoms with E-state index in [9.17, 15) is 9.59 Å². The van der Waals surface area contributed by atoms with E-state index in [1.807, 2.05) is 0 Å². The van der Waals surface area contributed by atoms with E-state index in [4.69, 9.17) is 21.1 Å². The topological polar surface area (TPSA) is 55.8 Å². The predicted molar refractivity (Wildman–Crippen MR) is 91.2 cm³/mol. The Bertz CT molecular complexity index is 773. The van der Waals surface area contributed by atoms with E-state index in [-0.39, 0.29) is 24.7 Å². The molecule has 0 bridgehead atoms. The van der Waals surface area contributed by atoms with Crippen LogP contribution in [0, 0.1) is 0 Å². The standard InChI is InChI=1S/C18H16ClNO4/c1-23-16-4-2-3-14-15(21)9-10-20(18(14)16)17(22)11-24-13-7-5-12(19)6-8-13/h2-8H,9-11H2,1H3. The van der Waals surface area contributed by atoms with Crippen LogP contribution in [0.25, 0.3) is 0 Å². The van der Waals surface area contributed by atoms with Gasteiger partial charge in [0.2, 0.25) is 0 Å². The molecule has 1 aliphatic heterocycles. The Morgan fingerprint density at radius 2 is 1.96 bits per heavy atom. The summed E-state index contributed by atoms with van der Waals surface area (Å²) in [6.07, 6.45) is 0.285. The number of hydrogen-bond donors (Lipinski definition) is 0. The molecule has 0 fully saturated rings. The fourth-order valence-corrected chi connectivity index (χ4v) is 2.78. The summed E-state index contributed by atoms with van der Waals surface area (Å²) in [5, 5.41) is 0.599. The molecule has 2 aromatic rings. The van der Waals surface area contributed by atoms with Gasteiger partial charge in [-0.1, -0.05) is 17.7 Å². The summed E-state index contributed by atoms with van der Waals surface area (Å²) in [4.78, 5) is 26.2. The van der Waals surface area contributed by atoms with Gasteiger partial charge in [-0.3, -0.25) is 9.59 Å². The lowest BCUT2D eigenvalue weighted by Crippen LogP contribution is -2.40. The van der Waals surface area contributed by atoms with Crippen molar-refractivity contribution in [2.24, 2.45) is 0 Å². The first-order chi connectivity index (χ1) is 11.6. The number of fused-ring (bicyclic) bond motifs is 1. The zero-order valence-electron chi connectivity index (χ0n) is 13.1. The number of nitrogens with zero attached hydrogens (tertiary/aromatic N) is 1. The summed E-state index contributed by atoms with van der Waals surface area (Å²) in [5.74, 6) is 0.830. The SMILES string of the molecule is COc1cccc2c1N(C(=O)COc1ccc(Cl)cc1)CCC2=O. The average Bonchev–Trinajstić information content (AvgIpc) is 2.61. The van der Waals surface area contributed by atoms with Gasteiger partial charge in [-0.15, -0.1) is 0 Å². The third kappa shape index (κ3) is 3.21. The van der Waals surface area contributed by atoms with Gasteiger partial charge in [-0.25, -0.2) is 0 Å². The molecule has 0 aliphatic carbocycles. The highest BCUT2D eigenvalue weighted by molar-refractivity contribution is 6.30. The molecule has 1 amide bonds. The first-order valence-electron chi connectivity index (χ1n) is 7.49. The minimum Gasteiger partial charge on any atom is -0.495 e. The van der Waals surface area contributed by atoms with E-state index in [0.717, 1.165) is 0 Å². The lowest BCUT2D eigenvalue weighted by Gasteiger charge is -2.30. The maximum absolute atomic E-state index is 12.6. The summed E-state index contributed by atoms with van der Waals surface area (Å²) in [6.45, 7) is 0.183. The van der Waals surface area contributed by atoms with Gasteiger partial charge in [0.1, 0.15) is 11.5 Å². The minimum atomic E-state index is -0.233. The molecule has 1 aliphatic rings. The van der Waals surface area contributed by atoms with Crippen LogP contribution in [0.1, 0.15) is 16.8 Å². The van der Waals surface area contributed by atoms with Gasteiger partial charge in [0.25, 0.3) is 5.91 Å². The second-order valence-electron chi connectivity index (χ2n) is 5.32. The van der Waals surface area contributed by atoms with Crippen LogP contribution < -0.4 is 14.4 Å². The summed E-state index contributed by atoms with van der Waals surface area (Å²) in [7, 11) is 1.52. The molecule has 0 saturated heterocycles. The maximum Gasteiger partial charge on any atom is 0.265 e. The van der Waals surface area contributed by atoms with Crippen molar-refractivity contribution in [3.05, 3.63) is 53.1 Å². The Kier molecular flexibility index (Phi) is 4.71. The number of benzene rings is 2. The fraction of sp³-hybridized carbons (Fsp3) is 0.222. The number of para-hydroxylation sites is 1. The Morgan fingerprint density at radius 3 is 2.67 bits per heavy atom. The zero-order valence-corrected chi connectivity index (χ0v) is 13.9. The van der Waals surface area contributed by atoms with E-state index in [0.29, 0.717) is 34.3 Å². The minimum absolute atomic E-state index is 0.00608. The van der Waals surface area contributed by atoms with Gasteiger partial charge in [0.15, 0.2) is 12.4 Å². The van der Waals surface area contributed by atoms with Crippen LogP contribution in [0.3, 0.4) is 0 Å². The highest BCUT2D eigenvalue weighted by Gasteiger charge is 2.30. The van der Waals surface area contributed by atoms with Crippen LogP contribution in [-0.2, 0) is 4.79 Å². The number of ketones is 1. The third-order valence-electron chi connectivity index (χ3n) is 3.83. The quantitative estimate of drug-likeness (QED) is 0.852. The molecular formula is C18H16ClNO4. The van der Waals surface area contributed by atoms with Gasteiger partial charge in [-0.2, -0.15) is 0 Å². The summed E-state index contributed by atoms with van der Waals surface area (Å²) in [6, 6.07) is 12.0. The van der Waals surface area contributed by atoms with Crippen LogP contribution in [-0.4, -0.2) is 32.0 Å². The van der Waals surface area contributed by atoms with Gasteiger partial charge in [-0.05, 0) is 36.4 Å². The van der Waals surface area contributed by atoms with Crippen molar-refractivity contribution in [1.82, 2.24) is 0 Å². The summed E-state index contributed by atoms with van der Waals surface area (Å²) >= 11 is 5.82. The van der Waals surface area contributed by atoms with Crippen molar-refractivity contribution >= 4 is 29.0 Å². The van der Waals surface area contributed by atoms with Gasteiger partial charge >= 0.3 is 0 Å². The highest BCUT2D eigenvalue weighted by Crippen LogP contribution is 2.36. The van der Waals surface area contributed by atoms with Crippen molar-refractivity contribution in [2.45, 2.75) is 6.42 Å². The average molecular weight is 346 g/mol. The van der Waals surface area contributed by atoms with E-state index < -0.39 is 0 Å². The second kappa shape index (κ2) is 6.93. The molecule has 0 unspecified atom stereocenters. The van der Waals surface area contributed by atoms with E-state index >= 15 is 0 Å². The molecule has 2 aromatic carbocycles. The third-order valence-corrected chi connectivity index (χ3v) is 4.08. The predicted octanol–water partition coefficient (Wildman–Crippen LogP) is 3.35. The molecule has 124 valence electrons. The number of amides is 1. The van der Waals surface area contributed by atoms with Crippen molar-refractivity contribution < 1.29 is 19.1 Å². The summed E-state index contributed by atoms with van der Waals surface area (Å²) < 4.78 is 10.8. The number of carbonyl (C=O) groups excluding carboxylic acids is 2. The number of halogens is 1. The second-order valence-corrected chi connectivity index (χ2v) is 5.75. The molecular weight excluding hydrogens is 330 g/mol. The van der Waals surface area contributed by atoms with Crippen molar-refractivity contribution in [3.8, 4) is 11.5 Å². The smallest absolute Gasteiger partial charge is 0.265 e. The Balaban J connectivity index is 1.80. The Morgan fingerprint density at radius 1 is 1.21 bits per heavy atom. The number of carbonyl (C=O) groups is 2. The lowest BCUT2D eigenvalue weighted by molar-refractivity contribution is -0.120. The molecule has 0 saturated carbocycles. The molecule has 0 N–H and O–H groups in total. The first-order valence-corrected chi connectivity index (χ1v) is 7.87. The van der Waals surface area contributed by atoms with Crippen LogP contribution in [0.4, 0.5) is 5.69 Å². The lowest BCUT2D eigenvalue weighted by atomic mass is 9.99. The van der Waals surface area contributed by atoms with Crippen LogP contribution in [0.15, 0.2) is 42.5 Å². The first kappa shape index (κ1) is 16.3. The maximum atomic E-state index is 12.6. The molecule has 0 radical (unpaired) electrons. The molecule has 6 heteroatoms. The largest absolute Gasteiger partial charge is 0.495 e. The Labute approximate surface area is 144 Å². The molecule has 1 heterocycles. The molecule has 0 spiro atoms. The number of anilines is 1. The fourth-order valence-electron chi connectivity index (χ4n) is 2.65. The molecule has 0 atom stereocenters. The van der Waals surface area contributed by atoms with Crippen molar-refractivity contribution in [2.75, 3.05) is 25.2 Å². The van der Waals surface area contributed by atoms with E-state index in [2.05, 4.69) is 0 Å². The monoisotopic (exact) mass is 345 g/mol. The molecule has 3 rings (SSSR count). The number of ether oxygens (including phenoxy) is 2. The molecule has 5 nitrogen and oxygen atoms in total. The van der Waals surface area contributed by atoms with Crippen LogP contribution in [0.5, 0.6) is 11.5 Å². The zero-order chi connectivity index (χ0) is 17.1. The normalized spacial score (nSPS) is 13.4. The number of rotatable bonds is 4. The van der Waals surface area contributed by atoms with E-state index in [1.165, 1.54) is 7.11 Å².